The van der Waals surface area contributed by atoms with E-state index < -0.39 is 23.9 Å². The van der Waals surface area contributed by atoms with Gasteiger partial charge < -0.3 is 15.2 Å². The SMILES string of the molecule is CCCCCCCC[C@H](NC(=O)CCC(=O)OCC)C(=O)O. The van der Waals surface area contributed by atoms with Gasteiger partial charge in [0, 0.05) is 6.42 Å². The summed E-state index contributed by atoms with van der Waals surface area (Å²) in [6.45, 7) is 4.11. The van der Waals surface area contributed by atoms with Crippen molar-refractivity contribution in [2.24, 2.45) is 0 Å². The molecule has 0 saturated heterocycles. The van der Waals surface area contributed by atoms with Crippen LogP contribution in [0, 0.1) is 0 Å². The first-order valence-electron chi connectivity index (χ1n) is 8.19. The highest BCUT2D eigenvalue weighted by Crippen LogP contribution is 2.09. The molecule has 0 aliphatic rings. The maximum atomic E-state index is 11.7. The molecule has 0 aromatic carbocycles. The Morgan fingerprint density at radius 2 is 1.64 bits per heavy atom. The Hall–Kier alpha value is -1.59. The Morgan fingerprint density at radius 1 is 1.00 bits per heavy atom. The van der Waals surface area contributed by atoms with Gasteiger partial charge in [-0.1, -0.05) is 45.4 Å². The van der Waals surface area contributed by atoms with E-state index in [1.54, 1.807) is 6.92 Å². The van der Waals surface area contributed by atoms with Gasteiger partial charge in [-0.05, 0) is 13.3 Å². The second-order valence-electron chi connectivity index (χ2n) is 5.32. The van der Waals surface area contributed by atoms with Crippen molar-refractivity contribution in [2.45, 2.75) is 77.7 Å². The van der Waals surface area contributed by atoms with Gasteiger partial charge in [-0.3, -0.25) is 9.59 Å². The minimum Gasteiger partial charge on any atom is -0.480 e. The number of carboxylic acid groups (broad SMARTS) is 1. The highest BCUT2D eigenvalue weighted by molar-refractivity contribution is 5.85. The molecule has 0 bridgehead atoms. The van der Waals surface area contributed by atoms with Crippen LogP contribution in [-0.2, 0) is 19.1 Å². The van der Waals surface area contributed by atoms with Gasteiger partial charge in [-0.15, -0.1) is 0 Å². The van der Waals surface area contributed by atoms with E-state index >= 15 is 0 Å². The van der Waals surface area contributed by atoms with Crippen molar-refractivity contribution in [3.8, 4) is 0 Å². The van der Waals surface area contributed by atoms with Gasteiger partial charge in [-0.25, -0.2) is 4.79 Å². The molecule has 6 nitrogen and oxygen atoms in total. The topological polar surface area (TPSA) is 92.7 Å². The molecule has 0 fully saturated rings. The summed E-state index contributed by atoms with van der Waals surface area (Å²) in [5.41, 5.74) is 0. The van der Waals surface area contributed by atoms with Crippen LogP contribution in [0.1, 0.15) is 71.6 Å². The largest absolute Gasteiger partial charge is 0.480 e. The summed E-state index contributed by atoms with van der Waals surface area (Å²) in [7, 11) is 0. The van der Waals surface area contributed by atoms with Crippen molar-refractivity contribution in [1.82, 2.24) is 5.32 Å². The van der Waals surface area contributed by atoms with Gasteiger partial charge in [0.2, 0.25) is 5.91 Å². The molecule has 6 heteroatoms. The van der Waals surface area contributed by atoms with Crippen LogP contribution in [0.4, 0.5) is 0 Å². The third-order valence-electron chi connectivity index (χ3n) is 3.34. The van der Waals surface area contributed by atoms with Crippen molar-refractivity contribution in [1.29, 1.82) is 0 Å². The lowest BCUT2D eigenvalue weighted by molar-refractivity contribution is -0.145. The van der Waals surface area contributed by atoms with Gasteiger partial charge in [0.1, 0.15) is 6.04 Å². The summed E-state index contributed by atoms with van der Waals surface area (Å²) < 4.78 is 4.72. The van der Waals surface area contributed by atoms with E-state index in [1.165, 1.54) is 19.3 Å². The van der Waals surface area contributed by atoms with Crippen molar-refractivity contribution in [3.05, 3.63) is 0 Å². The van der Waals surface area contributed by atoms with E-state index in [-0.39, 0.29) is 19.4 Å². The number of hydrogen-bond acceptors (Lipinski definition) is 4. The van der Waals surface area contributed by atoms with E-state index in [4.69, 9.17) is 9.84 Å². The molecule has 0 aromatic heterocycles. The summed E-state index contributed by atoms with van der Waals surface area (Å²) in [4.78, 5) is 33.9. The van der Waals surface area contributed by atoms with Crippen LogP contribution in [0.25, 0.3) is 0 Å². The second kappa shape index (κ2) is 13.1. The minimum atomic E-state index is -1.03. The molecule has 0 radical (unpaired) electrons. The fourth-order valence-electron chi connectivity index (χ4n) is 2.10. The fraction of sp³-hybridized carbons (Fsp3) is 0.812. The molecule has 0 rings (SSSR count). The van der Waals surface area contributed by atoms with E-state index in [9.17, 15) is 14.4 Å². The van der Waals surface area contributed by atoms with E-state index in [1.807, 2.05) is 0 Å². The molecule has 0 saturated carbocycles. The standard InChI is InChI=1S/C16H29NO5/c1-3-5-6-7-8-9-10-13(16(20)21)17-14(18)11-12-15(19)22-4-2/h13H,3-12H2,1-2H3,(H,17,18)(H,20,21)/t13-/m0/s1. The molecular formula is C16H29NO5. The van der Waals surface area contributed by atoms with Crippen LogP contribution in [0.2, 0.25) is 0 Å². The number of amides is 1. The summed E-state index contributed by atoms with van der Waals surface area (Å²) in [5.74, 6) is -1.90. The van der Waals surface area contributed by atoms with Gasteiger partial charge in [0.15, 0.2) is 0 Å². The number of unbranched alkanes of at least 4 members (excludes halogenated alkanes) is 5. The predicted octanol–water partition coefficient (Wildman–Crippen LogP) is 2.65. The number of ether oxygens (including phenoxy) is 1. The number of hydrogen-bond donors (Lipinski definition) is 2. The molecule has 0 unspecified atom stereocenters. The smallest absolute Gasteiger partial charge is 0.326 e. The molecule has 0 aromatic rings. The van der Waals surface area contributed by atoms with Crippen molar-refractivity contribution in [2.75, 3.05) is 6.61 Å². The molecule has 1 atom stereocenters. The maximum Gasteiger partial charge on any atom is 0.326 e. The Bertz CT molecular complexity index is 343. The first-order chi connectivity index (χ1) is 10.5. The number of carboxylic acids is 1. The normalized spacial score (nSPS) is 11.7. The minimum absolute atomic E-state index is 0.0248. The lowest BCUT2D eigenvalue weighted by Crippen LogP contribution is -2.40. The van der Waals surface area contributed by atoms with Gasteiger partial charge in [0.05, 0.1) is 13.0 Å². The second-order valence-corrected chi connectivity index (χ2v) is 5.32. The summed E-state index contributed by atoms with van der Waals surface area (Å²) in [6.07, 6.45) is 6.74. The van der Waals surface area contributed by atoms with Crippen LogP contribution in [0.5, 0.6) is 0 Å². The average Bonchev–Trinajstić information content (AvgIpc) is 2.47. The Labute approximate surface area is 132 Å². The monoisotopic (exact) mass is 315 g/mol. The third-order valence-corrected chi connectivity index (χ3v) is 3.34. The van der Waals surface area contributed by atoms with Crippen LogP contribution in [0.15, 0.2) is 0 Å². The van der Waals surface area contributed by atoms with Crippen molar-refractivity contribution in [3.63, 3.8) is 0 Å². The number of aliphatic carboxylic acids is 1. The maximum absolute atomic E-state index is 11.7. The first kappa shape index (κ1) is 20.4. The van der Waals surface area contributed by atoms with Crippen molar-refractivity contribution < 1.29 is 24.2 Å². The lowest BCUT2D eigenvalue weighted by Gasteiger charge is -2.14. The number of esters is 1. The summed E-state index contributed by atoms with van der Waals surface area (Å²) in [6, 6.07) is -0.874. The number of carbonyl (C=O) groups is 3. The molecule has 0 spiro atoms. The summed E-state index contributed by atoms with van der Waals surface area (Å²) >= 11 is 0. The zero-order chi connectivity index (χ0) is 16.8. The molecule has 22 heavy (non-hydrogen) atoms. The third kappa shape index (κ3) is 11.1. The van der Waals surface area contributed by atoms with Gasteiger partial charge in [-0.2, -0.15) is 0 Å². The van der Waals surface area contributed by atoms with Gasteiger partial charge >= 0.3 is 11.9 Å². The van der Waals surface area contributed by atoms with Crippen LogP contribution < -0.4 is 5.32 Å². The average molecular weight is 315 g/mol. The molecule has 1 amide bonds. The molecule has 0 aliphatic heterocycles. The quantitative estimate of drug-likeness (QED) is 0.402. The van der Waals surface area contributed by atoms with E-state index in [2.05, 4.69) is 12.2 Å². The number of carbonyl (C=O) groups excluding carboxylic acids is 2. The Kier molecular flexibility index (Phi) is 12.2. The molecular weight excluding hydrogens is 286 g/mol. The zero-order valence-electron chi connectivity index (χ0n) is 13.7. The Morgan fingerprint density at radius 3 is 2.23 bits per heavy atom. The first-order valence-corrected chi connectivity index (χ1v) is 8.19. The predicted molar refractivity (Wildman–Crippen MR) is 83.4 cm³/mol. The van der Waals surface area contributed by atoms with Crippen LogP contribution in [-0.4, -0.2) is 35.6 Å². The molecule has 128 valence electrons. The molecule has 2 N–H and O–H groups in total. The summed E-state index contributed by atoms with van der Waals surface area (Å²) in [5, 5.41) is 11.6. The zero-order valence-corrected chi connectivity index (χ0v) is 13.7. The highest BCUT2D eigenvalue weighted by atomic mass is 16.5. The lowest BCUT2D eigenvalue weighted by atomic mass is 10.1. The molecule has 0 heterocycles. The number of rotatable bonds is 13. The van der Waals surface area contributed by atoms with E-state index in [0.29, 0.717) is 6.42 Å². The Balaban J connectivity index is 3.95. The van der Waals surface area contributed by atoms with Crippen molar-refractivity contribution >= 4 is 17.8 Å². The van der Waals surface area contributed by atoms with Crippen LogP contribution in [0.3, 0.4) is 0 Å². The molecule has 0 aliphatic carbocycles. The fourth-order valence-corrected chi connectivity index (χ4v) is 2.10. The number of nitrogens with one attached hydrogen (secondary N) is 1. The van der Waals surface area contributed by atoms with Gasteiger partial charge in [0.25, 0.3) is 0 Å². The van der Waals surface area contributed by atoms with Crippen LogP contribution >= 0.6 is 0 Å². The highest BCUT2D eigenvalue weighted by Gasteiger charge is 2.19. The van der Waals surface area contributed by atoms with E-state index in [0.717, 1.165) is 19.3 Å².